The Bertz CT molecular complexity index is 958. The minimum Gasteiger partial charge on any atom is -0.379 e. The van der Waals surface area contributed by atoms with Crippen molar-refractivity contribution in [3.63, 3.8) is 0 Å². The molecule has 0 saturated heterocycles. The largest absolute Gasteiger partial charge is 0.379 e. The molecule has 0 aromatic heterocycles. The summed E-state index contributed by atoms with van der Waals surface area (Å²) >= 11 is 0. The predicted octanol–water partition coefficient (Wildman–Crippen LogP) is 6.15. The molecule has 1 amide bonds. The van der Waals surface area contributed by atoms with E-state index in [-0.39, 0.29) is 18.6 Å². The minimum absolute atomic E-state index is 0.0838. The fourth-order valence-corrected chi connectivity index (χ4v) is 3.46. The van der Waals surface area contributed by atoms with Crippen molar-refractivity contribution in [2.45, 2.75) is 65.9 Å². The second kappa shape index (κ2) is 21.7. The molecule has 0 spiro atoms. The molecule has 0 aliphatic carbocycles. The number of ether oxygens (including phenoxy) is 2. The molecule has 0 saturated carbocycles. The smallest absolute Gasteiger partial charge is 0.207 e. The van der Waals surface area contributed by atoms with Gasteiger partial charge in [-0.05, 0) is 55.4 Å². The Balaban J connectivity index is 0.000000653. The maximum Gasteiger partial charge on any atom is 0.207 e. The topological polar surface area (TPSA) is 91.7 Å². The summed E-state index contributed by atoms with van der Waals surface area (Å²) in [6, 6.07) is 16.5. The number of carbonyl (C=O) groups excluding carboxylic acids is 2. The van der Waals surface area contributed by atoms with Crippen LogP contribution >= 0.6 is 0 Å². The third-order valence-corrected chi connectivity index (χ3v) is 6.29. The van der Waals surface area contributed by atoms with Gasteiger partial charge in [-0.3, -0.25) is 4.79 Å². The lowest BCUT2D eigenvalue weighted by molar-refractivity contribution is -0.109. The third kappa shape index (κ3) is 15.7. The molecule has 0 radical (unpaired) electrons. The predicted molar refractivity (Wildman–Crippen MR) is 161 cm³/mol. The third-order valence-electron chi connectivity index (χ3n) is 6.29. The number of anilines is 1. The van der Waals surface area contributed by atoms with Crippen molar-refractivity contribution < 1.29 is 19.1 Å². The number of nitrogens with zero attached hydrogens (tertiary/aromatic N) is 2. The monoisotopic (exact) mass is 539 g/mol. The lowest BCUT2D eigenvalue weighted by Gasteiger charge is -2.20. The number of nitriles is 1. The summed E-state index contributed by atoms with van der Waals surface area (Å²) in [5, 5.41) is 9.88. The number of aryl methyl sites for hydroxylation is 1. The summed E-state index contributed by atoms with van der Waals surface area (Å²) in [6.07, 6.45) is 5.43. The van der Waals surface area contributed by atoms with Gasteiger partial charge in [0.05, 0.1) is 18.8 Å². The van der Waals surface area contributed by atoms with Gasteiger partial charge in [0.2, 0.25) is 6.41 Å². The molecule has 2 aromatic carbocycles. The number of amides is 1. The van der Waals surface area contributed by atoms with E-state index >= 15 is 0 Å². The van der Waals surface area contributed by atoms with Crippen LogP contribution in [0.5, 0.6) is 0 Å². The number of benzene rings is 2. The normalized spacial score (nSPS) is 12.3. The molecule has 216 valence electrons. The molecule has 3 atom stereocenters. The number of aldehydes is 1. The summed E-state index contributed by atoms with van der Waals surface area (Å²) < 4.78 is 10.5. The van der Waals surface area contributed by atoms with E-state index < -0.39 is 0 Å². The summed E-state index contributed by atoms with van der Waals surface area (Å²) in [4.78, 5) is 22.4. The molecule has 0 fully saturated rings. The molecule has 0 heterocycles. The lowest BCUT2D eigenvalue weighted by atomic mass is 9.95. The van der Waals surface area contributed by atoms with Gasteiger partial charge < -0.3 is 24.5 Å². The Hall–Kier alpha value is -3.21. The quantitative estimate of drug-likeness (QED) is 0.176. The van der Waals surface area contributed by atoms with Gasteiger partial charge in [0.1, 0.15) is 12.8 Å². The first kappa shape index (κ1) is 35.8. The average Bonchev–Trinajstić information content (AvgIpc) is 2.95. The molecular formula is C32H49N3O4. The van der Waals surface area contributed by atoms with Crippen LogP contribution in [0.3, 0.4) is 0 Å². The highest BCUT2D eigenvalue weighted by atomic mass is 16.5. The second-order valence-corrected chi connectivity index (χ2v) is 9.89. The molecule has 1 N–H and O–H groups in total. The van der Waals surface area contributed by atoms with Crippen molar-refractivity contribution in [1.29, 1.82) is 5.26 Å². The van der Waals surface area contributed by atoms with E-state index in [2.05, 4.69) is 73.5 Å². The summed E-state index contributed by atoms with van der Waals surface area (Å²) in [5.41, 5.74) is 5.80. The number of hydrogen-bond donors (Lipinski definition) is 1. The first-order valence-electron chi connectivity index (χ1n) is 13.6. The zero-order valence-corrected chi connectivity index (χ0v) is 25.2. The molecule has 0 aliphatic rings. The number of rotatable bonds is 14. The van der Waals surface area contributed by atoms with Crippen molar-refractivity contribution in [2.75, 3.05) is 45.9 Å². The Morgan fingerprint density at radius 3 is 2.18 bits per heavy atom. The lowest BCUT2D eigenvalue weighted by Crippen LogP contribution is -2.14. The van der Waals surface area contributed by atoms with Gasteiger partial charge in [0, 0.05) is 39.4 Å². The second-order valence-electron chi connectivity index (χ2n) is 9.89. The fraction of sp³-hybridized carbons (Fsp3) is 0.531. The molecule has 0 bridgehead atoms. The van der Waals surface area contributed by atoms with E-state index in [1.54, 1.807) is 13.2 Å². The van der Waals surface area contributed by atoms with Gasteiger partial charge in [0.25, 0.3) is 0 Å². The van der Waals surface area contributed by atoms with Crippen LogP contribution in [0.25, 0.3) is 11.1 Å². The van der Waals surface area contributed by atoms with Gasteiger partial charge >= 0.3 is 0 Å². The van der Waals surface area contributed by atoms with E-state index in [0.29, 0.717) is 6.41 Å². The number of carbonyl (C=O) groups is 2. The summed E-state index contributed by atoms with van der Waals surface area (Å²) in [7, 11) is 5.73. The molecule has 2 rings (SSSR count). The molecule has 2 aromatic rings. The van der Waals surface area contributed by atoms with E-state index in [9.17, 15) is 9.59 Å². The molecule has 7 heteroatoms. The summed E-state index contributed by atoms with van der Waals surface area (Å²) in [5.74, 6) is 0.753. The highest BCUT2D eigenvalue weighted by Gasteiger charge is 2.12. The van der Waals surface area contributed by atoms with Crippen molar-refractivity contribution in [3.05, 3.63) is 53.6 Å². The summed E-state index contributed by atoms with van der Waals surface area (Å²) in [6.45, 7) is 12.3. The molecular weight excluding hydrogens is 490 g/mol. The van der Waals surface area contributed by atoms with Crippen LogP contribution in [0.1, 0.15) is 64.0 Å². The molecule has 39 heavy (non-hydrogen) atoms. The standard InChI is InChI=1S/C18H21NO.C11H24O2.C3H4N2O/c1-13-5-7-15(8-6-13)16-9-10-17(14(2)12-20)18(11-16)19(3)4;1-5-10(2)7-6-8-13-9-11(3)12-4;4-1-2-5-3-6/h5-12,14H,1-4H3;10-11H,5-9H2,1-4H3;3H,2H2,(H,5,6). The number of hydrogen-bond acceptors (Lipinski definition) is 6. The van der Waals surface area contributed by atoms with E-state index in [1.807, 2.05) is 27.9 Å². The van der Waals surface area contributed by atoms with Crippen LogP contribution in [-0.2, 0) is 19.1 Å². The van der Waals surface area contributed by atoms with Crippen molar-refractivity contribution in [2.24, 2.45) is 5.92 Å². The van der Waals surface area contributed by atoms with Crippen LogP contribution in [0.2, 0.25) is 0 Å². The molecule has 0 aliphatic heterocycles. The van der Waals surface area contributed by atoms with E-state index in [4.69, 9.17) is 14.7 Å². The minimum atomic E-state index is -0.0838. The maximum absolute atomic E-state index is 11.1. The van der Waals surface area contributed by atoms with Gasteiger partial charge in [-0.2, -0.15) is 5.26 Å². The number of nitrogens with one attached hydrogen (secondary N) is 1. The van der Waals surface area contributed by atoms with Crippen LogP contribution in [0, 0.1) is 24.2 Å². The molecule has 3 unspecified atom stereocenters. The van der Waals surface area contributed by atoms with Gasteiger partial charge in [-0.1, -0.05) is 69.2 Å². The van der Waals surface area contributed by atoms with Crippen molar-refractivity contribution in [3.8, 4) is 17.2 Å². The van der Waals surface area contributed by atoms with Gasteiger partial charge in [-0.25, -0.2) is 0 Å². The van der Waals surface area contributed by atoms with Crippen LogP contribution in [-0.4, -0.2) is 59.8 Å². The molecule has 7 nitrogen and oxygen atoms in total. The van der Waals surface area contributed by atoms with Gasteiger partial charge in [0.15, 0.2) is 0 Å². The maximum atomic E-state index is 11.1. The average molecular weight is 540 g/mol. The highest BCUT2D eigenvalue weighted by molar-refractivity contribution is 5.75. The van der Waals surface area contributed by atoms with Gasteiger partial charge in [-0.15, -0.1) is 0 Å². The van der Waals surface area contributed by atoms with Crippen LogP contribution in [0.4, 0.5) is 5.69 Å². The fourth-order valence-electron chi connectivity index (χ4n) is 3.46. The van der Waals surface area contributed by atoms with Crippen LogP contribution < -0.4 is 10.2 Å². The Morgan fingerprint density at radius 2 is 1.69 bits per heavy atom. The SMILES string of the molecule is CCC(C)CCCOCC(C)OC.Cc1ccc(-c2ccc(C(C)C=O)c(N(C)C)c2)cc1.N#CCNC=O. The Kier molecular flexibility index (Phi) is 19.9. The van der Waals surface area contributed by atoms with Crippen molar-refractivity contribution in [1.82, 2.24) is 5.32 Å². The van der Waals surface area contributed by atoms with Crippen LogP contribution in [0.15, 0.2) is 42.5 Å². The van der Waals surface area contributed by atoms with E-state index in [1.165, 1.54) is 36.0 Å². The van der Waals surface area contributed by atoms with Crippen molar-refractivity contribution >= 4 is 18.4 Å². The number of methoxy groups -OCH3 is 1. The highest BCUT2D eigenvalue weighted by Crippen LogP contribution is 2.31. The first-order chi connectivity index (χ1) is 18.6. The van der Waals surface area contributed by atoms with E-state index in [0.717, 1.165) is 36.7 Å². The Morgan fingerprint density at radius 1 is 1.05 bits per heavy atom. The zero-order chi connectivity index (χ0) is 29.6. The Labute approximate surface area is 236 Å². The zero-order valence-electron chi connectivity index (χ0n) is 25.2. The first-order valence-corrected chi connectivity index (χ1v) is 13.6.